The number of amides is 1. The number of nitrogens with one attached hydrogen (secondary N) is 1. The first kappa shape index (κ1) is 44.2. The van der Waals surface area contributed by atoms with Gasteiger partial charge in [0.15, 0.2) is 6.29 Å². The van der Waals surface area contributed by atoms with Crippen LogP contribution in [0.5, 0.6) is 0 Å². The van der Waals surface area contributed by atoms with E-state index in [0.29, 0.717) is 12.8 Å². The second-order valence-electron chi connectivity index (χ2n) is 14.1. The molecule has 1 heterocycles. The summed E-state index contributed by atoms with van der Waals surface area (Å²) in [7, 11) is 0. The molecule has 1 saturated heterocycles. The number of aliphatic hydroxyl groups excluding tert-OH is 5. The van der Waals surface area contributed by atoms with E-state index >= 15 is 0 Å². The summed E-state index contributed by atoms with van der Waals surface area (Å²) >= 11 is 0. The first-order valence-corrected chi connectivity index (χ1v) is 19.7. The van der Waals surface area contributed by atoms with Gasteiger partial charge < -0.3 is 40.3 Å². The minimum Gasteiger partial charge on any atom is -0.394 e. The fraction of sp³-hybridized carbons (Fsp3) is 0.974. The zero-order valence-electron chi connectivity index (χ0n) is 30.3. The summed E-state index contributed by atoms with van der Waals surface area (Å²) < 4.78 is 11.2. The molecule has 0 spiro atoms. The lowest BCUT2D eigenvalue weighted by Gasteiger charge is -2.40. The van der Waals surface area contributed by atoms with Crippen molar-refractivity contribution < 1.29 is 39.8 Å². The second kappa shape index (κ2) is 30.1. The average Bonchev–Trinajstić information content (AvgIpc) is 3.07. The number of unbranched alkanes of at least 4 members (excludes halogenated alkanes) is 22. The van der Waals surface area contributed by atoms with E-state index in [9.17, 15) is 30.3 Å². The van der Waals surface area contributed by atoms with Gasteiger partial charge >= 0.3 is 0 Å². The number of rotatable bonds is 32. The highest BCUT2D eigenvalue weighted by atomic mass is 16.7. The van der Waals surface area contributed by atoms with Gasteiger partial charge in [-0.2, -0.15) is 0 Å². The molecule has 6 N–H and O–H groups in total. The zero-order chi connectivity index (χ0) is 34.5. The van der Waals surface area contributed by atoms with Gasteiger partial charge in [0.2, 0.25) is 5.91 Å². The fourth-order valence-electron chi connectivity index (χ4n) is 6.45. The van der Waals surface area contributed by atoms with Crippen LogP contribution in [0.4, 0.5) is 0 Å². The highest BCUT2D eigenvalue weighted by Gasteiger charge is 2.44. The molecule has 9 heteroatoms. The Morgan fingerprint density at radius 2 is 1.06 bits per heavy atom. The van der Waals surface area contributed by atoms with Crippen molar-refractivity contribution >= 4 is 5.91 Å². The number of hydrogen-bond acceptors (Lipinski definition) is 8. The van der Waals surface area contributed by atoms with Gasteiger partial charge in [-0.25, -0.2) is 0 Å². The minimum absolute atomic E-state index is 0.133. The van der Waals surface area contributed by atoms with Crippen LogP contribution in [0.3, 0.4) is 0 Å². The summed E-state index contributed by atoms with van der Waals surface area (Å²) in [6.07, 6.45) is 22.5. The topological polar surface area (TPSA) is 149 Å². The number of carbonyl (C=O) groups is 1. The molecule has 0 aromatic heterocycles. The molecule has 2 unspecified atom stereocenters. The quantitative estimate of drug-likeness (QED) is 0.0426. The third-order valence-electron chi connectivity index (χ3n) is 9.71. The summed E-state index contributed by atoms with van der Waals surface area (Å²) in [5.74, 6) is -0.145. The Hall–Kier alpha value is -0.810. The second-order valence-corrected chi connectivity index (χ2v) is 14.1. The Balaban J connectivity index is 2.40. The molecule has 280 valence electrons. The van der Waals surface area contributed by atoms with Crippen LogP contribution in [0.2, 0.25) is 0 Å². The summed E-state index contributed by atoms with van der Waals surface area (Å²) in [4.78, 5) is 12.9. The van der Waals surface area contributed by atoms with Gasteiger partial charge in [-0.3, -0.25) is 4.79 Å². The fourth-order valence-corrected chi connectivity index (χ4v) is 6.45. The molecule has 9 nitrogen and oxygen atoms in total. The molecular formula is C38H75NO8. The Labute approximate surface area is 287 Å². The molecule has 0 aromatic rings. The SMILES string of the molecule is CCCCCCCCCCCCCCCC(=O)N[C@@H](CO[C@@H]1O[C@H](CO)[C@H](O)C(O)C1O)[C@H](O)CCCCCCCCCCCCC. The molecule has 1 aliphatic heterocycles. The van der Waals surface area contributed by atoms with Crippen LogP contribution in [-0.4, -0.2) is 87.5 Å². The van der Waals surface area contributed by atoms with Crippen molar-refractivity contribution in [2.75, 3.05) is 13.2 Å². The Morgan fingerprint density at radius 3 is 1.51 bits per heavy atom. The highest BCUT2D eigenvalue weighted by Crippen LogP contribution is 2.23. The van der Waals surface area contributed by atoms with Gasteiger partial charge in [-0.1, -0.05) is 162 Å². The van der Waals surface area contributed by atoms with Crippen molar-refractivity contribution in [3.8, 4) is 0 Å². The van der Waals surface area contributed by atoms with Gasteiger partial charge in [-0.15, -0.1) is 0 Å². The predicted molar refractivity (Wildman–Crippen MR) is 189 cm³/mol. The van der Waals surface area contributed by atoms with Crippen LogP contribution in [-0.2, 0) is 14.3 Å². The number of carbonyl (C=O) groups excluding carboxylic acids is 1. The van der Waals surface area contributed by atoms with Crippen LogP contribution in [0.15, 0.2) is 0 Å². The lowest BCUT2D eigenvalue weighted by Crippen LogP contribution is -2.60. The predicted octanol–water partition coefficient (Wildman–Crippen LogP) is 6.83. The van der Waals surface area contributed by atoms with Crippen LogP contribution in [0.25, 0.3) is 0 Å². The van der Waals surface area contributed by atoms with Crippen molar-refractivity contribution in [2.45, 2.75) is 224 Å². The van der Waals surface area contributed by atoms with E-state index in [1.165, 1.54) is 116 Å². The molecular weight excluding hydrogens is 598 g/mol. The summed E-state index contributed by atoms with van der Waals surface area (Å²) in [5.41, 5.74) is 0. The first-order chi connectivity index (χ1) is 22.8. The molecule has 1 amide bonds. The van der Waals surface area contributed by atoms with E-state index in [2.05, 4.69) is 19.2 Å². The van der Waals surface area contributed by atoms with Crippen molar-refractivity contribution in [1.82, 2.24) is 5.32 Å². The van der Waals surface area contributed by atoms with Crippen molar-refractivity contribution in [3.05, 3.63) is 0 Å². The van der Waals surface area contributed by atoms with E-state index < -0.39 is 49.5 Å². The monoisotopic (exact) mass is 674 g/mol. The van der Waals surface area contributed by atoms with Crippen molar-refractivity contribution in [1.29, 1.82) is 0 Å². The normalized spacial score (nSPS) is 22.7. The van der Waals surface area contributed by atoms with Crippen molar-refractivity contribution in [3.63, 3.8) is 0 Å². The third kappa shape index (κ3) is 21.8. The van der Waals surface area contributed by atoms with E-state index in [1.54, 1.807) is 0 Å². The molecule has 1 rings (SSSR count). The average molecular weight is 674 g/mol. The Bertz CT molecular complexity index is 711. The van der Waals surface area contributed by atoms with E-state index in [1.807, 2.05) is 0 Å². The third-order valence-corrected chi connectivity index (χ3v) is 9.71. The maximum absolute atomic E-state index is 12.9. The summed E-state index contributed by atoms with van der Waals surface area (Å²) in [6.45, 7) is 3.81. The van der Waals surface area contributed by atoms with Crippen LogP contribution < -0.4 is 5.32 Å². The first-order valence-electron chi connectivity index (χ1n) is 19.7. The molecule has 0 radical (unpaired) electrons. The van der Waals surface area contributed by atoms with Gasteiger partial charge in [-0.05, 0) is 12.8 Å². The van der Waals surface area contributed by atoms with Gasteiger partial charge in [0.1, 0.15) is 24.4 Å². The lowest BCUT2D eigenvalue weighted by atomic mass is 9.99. The van der Waals surface area contributed by atoms with E-state index in [4.69, 9.17) is 9.47 Å². The molecule has 1 aliphatic rings. The maximum atomic E-state index is 12.9. The maximum Gasteiger partial charge on any atom is 0.220 e. The summed E-state index contributed by atoms with van der Waals surface area (Å²) in [6, 6.07) is -0.708. The van der Waals surface area contributed by atoms with E-state index in [0.717, 1.165) is 38.5 Å². The smallest absolute Gasteiger partial charge is 0.220 e. The van der Waals surface area contributed by atoms with Gasteiger partial charge in [0.25, 0.3) is 0 Å². The number of aliphatic hydroxyl groups is 5. The number of hydrogen-bond donors (Lipinski definition) is 6. The Kier molecular flexibility index (Phi) is 28.3. The van der Waals surface area contributed by atoms with Gasteiger partial charge in [0, 0.05) is 6.42 Å². The molecule has 0 aromatic carbocycles. The minimum atomic E-state index is -1.55. The van der Waals surface area contributed by atoms with Crippen molar-refractivity contribution in [2.24, 2.45) is 0 Å². The number of ether oxygens (including phenoxy) is 2. The van der Waals surface area contributed by atoms with E-state index in [-0.39, 0.29) is 12.5 Å². The summed E-state index contributed by atoms with van der Waals surface area (Å²) in [5, 5.41) is 54.0. The zero-order valence-corrected chi connectivity index (χ0v) is 30.3. The van der Waals surface area contributed by atoms with Gasteiger partial charge in [0.05, 0.1) is 25.4 Å². The molecule has 7 atom stereocenters. The molecule has 0 aliphatic carbocycles. The van der Waals surface area contributed by atoms with Crippen LogP contribution in [0.1, 0.15) is 181 Å². The van der Waals surface area contributed by atoms with Crippen LogP contribution in [0, 0.1) is 0 Å². The highest BCUT2D eigenvalue weighted by molar-refractivity contribution is 5.76. The Morgan fingerprint density at radius 1 is 0.638 bits per heavy atom. The largest absolute Gasteiger partial charge is 0.394 e. The molecule has 0 bridgehead atoms. The van der Waals surface area contributed by atoms with Crippen LogP contribution >= 0.6 is 0 Å². The molecule has 47 heavy (non-hydrogen) atoms. The molecule has 1 fully saturated rings. The lowest BCUT2D eigenvalue weighted by molar-refractivity contribution is -0.302. The standard InChI is InChI=1S/C38H75NO8/c1-3-5-7-9-11-13-15-16-18-20-22-24-26-28-34(42)39-31(30-46-38-37(45)36(44)35(43)33(29-40)47-38)32(41)27-25-23-21-19-17-14-12-10-8-6-4-2/h31-33,35-38,40-41,43-45H,3-30H2,1-2H3,(H,39,42)/t31-,32+,33+,35-,36?,37?,38+/m0/s1. The molecule has 0 saturated carbocycles.